The van der Waals surface area contributed by atoms with Gasteiger partial charge in [-0.1, -0.05) is 41.5 Å². The maximum atomic E-state index is 12.8. The lowest BCUT2D eigenvalue weighted by atomic mass is 9.78. The summed E-state index contributed by atoms with van der Waals surface area (Å²) in [5, 5.41) is 10.7. The number of carbonyl (C=O) groups excluding carboxylic acids is 1. The Bertz CT molecular complexity index is 685. The maximum Gasteiger partial charge on any atom is 0.194 e. The fourth-order valence-electron chi connectivity index (χ4n) is 2.57. The Kier molecular flexibility index (Phi) is 4.34. The van der Waals surface area contributed by atoms with Crippen LogP contribution in [0.5, 0.6) is 5.75 Å². The number of carbonyl (C=O) groups is 1. The van der Waals surface area contributed by atoms with Crippen LogP contribution in [-0.2, 0) is 10.8 Å². The monoisotopic (exact) mass is 311 g/mol. The molecule has 1 heterocycles. The van der Waals surface area contributed by atoms with Crippen LogP contribution in [-0.4, -0.2) is 15.9 Å². The summed E-state index contributed by atoms with van der Waals surface area (Å²) < 4.78 is 0. The lowest BCUT2D eigenvalue weighted by Gasteiger charge is -2.28. The Morgan fingerprint density at radius 3 is 1.87 bits per heavy atom. The molecule has 0 bridgehead atoms. The third-order valence-electron chi connectivity index (χ3n) is 3.91. The summed E-state index contributed by atoms with van der Waals surface area (Å²) in [5.74, 6) is 0.210. The molecule has 0 aliphatic carbocycles. The van der Waals surface area contributed by atoms with Gasteiger partial charge in [-0.2, -0.15) is 0 Å². The first kappa shape index (κ1) is 17.2. The standard InChI is InChI=1S/C20H25NO2/c1-19(2,3)15-10-14(11-16(18(15)23)20(4,5)6)17(22)13-8-7-9-21-12-13/h7-12,23H,1-6H3. The van der Waals surface area contributed by atoms with Gasteiger partial charge in [-0.25, -0.2) is 0 Å². The van der Waals surface area contributed by atoms with Gasteiger partial charge in [0.15, 0.2) is 5.78 Å². The van der Waals surface area contributed by atoms with Crippen molar-refractivity contribution in [2.24, 2.45) is 0 Å². The molecule has 1 aromatic carbocycles. The van der Waals surface area contributed by atoms with Crippen LogP contribution in [0.25, 0.3) is 0 Å². The Labute approximate surface area is 138 Å². The van der Waals surface area contributed by atoms with E-state index in [-0.39, 0.29) is 22.4 Å². The molecule has 23 heavy (non-hydrogen) atoms. The summed E-state index contributed by atoms with van der Waals surface area (Å²) >= 11 is 0. The third kappa shape index (κ3) is 3.61. The molecule has 1 N–H and O–H groups in total. The Morgan fingerprint density at radius 1 is 0.957 bits per heavy atom. The minimum Gasteiger partial charge on any atom is -0.507 e. The number of hydrogen-bond acceptors (Lipinski definition) is 3. The quantitative estimate of drug-likeness (QED) is 0.824. The van der Waals surface area contributed by atoms with Crippen molar-refractivity contribution in [3.8, 4) is 5.75 Å². The van der Waals surface area contributed by atoms with Crippen LogP contribution in [0.2, 0.25) is 0 Å². The molecule has 0 spiro atoms. The summed E-state index contributed by atoms with van der Waals surface area (Å²) in [6.45, 7) is 12.2. The van der Waals surface area contributed by atoms with E-state index in [0.717, 1.165) is 11.1 Å². The second kappa shape index (κ2) is 5.80. The number of hydrogen-bond donors (Lipinski definition) is 1. The van der Waals surface area contributed by atoms with Crippen molar-refractivity contribution >= 4 is 5.78 Å². The molecule has 2 rings (SSSR count). The van der Waals surface area contributed by atoms with Crippen molar-refractivity contribution in [1.29, 1.82) is 0 Å². The molecule has 0 aliphatic heterocycles. The number of phenols is 1. The first-order valence-electron chi connectivity index (χ1n) is 7.84. The van der Waals surface area contributed by atoms with Crippen LogP contribution in [0.3, 0.4) is 0 Å². The molecule has 0 saturated heterocycles. The number of nitrogens with zero attached hydrogens (tertiary/aromatic N) is 1. The van der Waals surface area contributed by atoms with Gasteiger partial charge in [-0.15, -0.1) is 0 Å². The average Bonchev–Trinajstić information content (AvgIpc) is 2.45. The van der Waals surface area contributed by atoms with E-state index in [9.17, 15) is 9.90 Å². The van der Waals surface area contributed by atoms with Gasteiger partial charge in [-0.05, 0) is 35.1 Å². The zero-order valence-electron chi connectivity index (χ0n) is 14.8. The third-order valence-corrected chi connectivity index (χ3v) is 3.91. The minimum atomic E-state index is -0.255. The molecular formula is C20H25NO2. The van der Waals surface area contributed by atoms with Crippen molar-refractivity contribution < 1.29 is 9.90 Å². The average molecular weight is 311 g/mol. The number of benzene rings is 1. The zero-order chi connectivity index (χ0) is 17.4. The van der Waals surface area contributed by atoms with Gasteiger partial charge in [0, 0.05) is 34.6 Å². The van der Waals surface area contributed by atoms with E-state index in [2.05, 4.69) is 4.98 Å². The molecule has 0 unspecified atom stereocenters. The van der Waals surface area contributed by atoms with Gasteiger partial charge in [0.2, 0.25) is 0 Å². The molecule has 1 aromatic heterocycles. The molecule has 3 heteroatoms. The largest absolute Gasteiger partial charge is 0.507 e. The van der Waals surface area contributed by atoms with Gasteiger partial charge in [0.1, 0.15) is 5.75 Å². The highest BCUT2D eigenvalue weighted by Gasteiger charge is 2.28. The van der Waals surface area contributed by atoms with Crippen LogP contribution < -0.4 is 0 Å². The smallest absolute Gasteiger partial charge is 0.194 e. The van der Waals surface area contributed by atoms with E-state index in [1.807, 2.05) is 41.5 Å². The number of aromatic hydroxyl groups is 1. The Balaban J connectivity index is 2.68. The molecule has 0 radical (unpaired) electrons. The van der Waals surface area contributed by atoms with Gasteiger partial charge in [0.25, 0.3) is 0 Å². The predicted molar refractivity (Wildman–Crippen MR) is 93.2 cm³/mol. The van der Waals surface area contributed by atoms with E-state index < -0.39 is 0 Å². The van der Waals surface area contributed by atoms with E-state index in [1.54, 1.807) is 36.7 Å². The maximum absolute atomic E-state index is 12.8. The van der Waals surface area contributed by atoms with Crippen LogP contribution >= 0.6 is 0 Å². The summed E-state index contributed by atoms with van der Waals surface area (Å²) in [7, 11) is 0. The van der Waals surface area contributed by atoms with E-state index in [0.29, 0.717) is 11.1 Å². The topological polar surface area (TPSA) is 50.2 Å². The molecule has 0 aliphatic rings. The van der Waals surface area contributed by atoms with Crippen molar-refractivity contribution in [3.05, 3.63) is 58.9 Å². The van der Waals surface area contributed by atoms with E-state index in [1.165, 1.54) is 0 Å². The summed E-state index contributed by atoms with van der Waals surface area (Å²) in [6, 6.07) is 7.12. The summed E-state index contributed by atoms with van der Waals surface area (Å²) in [6.07, 6.45) is 3.22. The fourth-order valence-corrected chi connectivity index (χ4v) is 2.57. The number of ketones is 1. The zero-order valence-corrected chi connectivity index (χ0v) is 14.8. The molecule has 0 fully saturated rings. The van der Waals surface area contributed by atoms with Gasteiger partial charge < -0.3 is 5.11 Å². The van der Waals surface area contributed by atoms with E-state index >= 15 is 0 Å². The van der Waals surface area contributed by atoms with Crippen LogP contribution in [0.1, 0.15) is 68.6 Å². The second-order valence-corrected chi connectivity index (χ2v) is 7.99. The normalized spacial score (nSPS) is 12.3. The lowest BCUT2D eigenvalue weighted by Crippen LogP contribution is -2.19. The highest BCUT2D eigenvalue weighted by atomic mass is 16.3. The number of aromatic nitrogens is 1. The lowest BCUT2D eigenvalue weighted by molar-refractivity contribution is 0.103. The minimum absolute atomic E-state index is 0.0749. The fraction of sp³-hybridized carbons (Fsp3) is 0.400. The Hall–Kier alpha value is -2.16. The first-order chi connectivity index (χ1) is 10.5. The van der Waals surface area contributed by atoms with Crippen molar-refractivity contribution in [2.45, 2.75) is 52.4 Å². The number of phenolic OH excluding ortho intramolecular Hbond substituents is 1. The van der Waals surface area contributed by atoms with Crippen LogP contribution in [0, 0.1) is 0 Å². The van der Waals surface area contributed by atoms with Gasteiger partial charge in [0.05, 0.1) is 0 Å². The predicted octanol–water partition coefficient (Wildman–Crippen LogP) is 4.61. The highest BCUT2D eigenvalue weighted by Crippen LogP contribution is 2.40. The van der Waals surface area contributed by atoms with Crippen LogP contribution in [0.4, 0.5) is 0 Å². The molecule has 2 aromatic rings. The molecule has 122 valence electrons. The van der Waals surface area contributed by atoms with Gasteiger partial charge in [-0.3, -0.25) is 9.78 Å². The number of rotatable bonds is 2. The van der Waals surface area contributed by atoms with Crippen LogP contribution in [0.15, 0.2) is 36.7 Å². The van der Waals surface area contributed by atoms with Gasteiger partial charge >= 0.3 is 0 Å². The molecule has 0 amide bonds. The van der Waals surface area contributed by atoms with E-state index in [4.69, 9.17) is 0 Å². The first-order valence-corrected chi connectivity index (χ1v) is 7.84. The summed E-state index contributed by atoms with van der Waals surface area (Å²) in [5.41, 5.74) is 2.21. The molecule has 0 saturated carbocycles. The molecule has 3 nitrogen and oxygen atoms in total. The van der Waals surface area contributed by atoms with Crippen molar-refractivity contribution in [2.75, 3.05) is 0 Å². The second-order valence-electron chi connectivity index (χ2n) is 7.99. The Morgan fingerprint density at radius 2 is 1.48 bits per heavy atom. The summed E-state index contributed by atoms with van der Waals surface area (Å²) in [4.78, 5) is 16.8. The highest BCUT2D eigenvalue weighted by molar-refractivity contribution is 6.09. The molecular weight excluding hydrogens is 286 g/mol. The van der Waals surface area contributed by atoms with Crippen molar-refractivity contribution in [1.82, 2.24) is 4.98 Å². The molecule has 0 atom stereocenters. The number of pyridine rings is 1. The van der Waals surface area contributed by atoms with Crippen molar-refractivity contribution in [3.63, 3.8) is 0 Å². The SMILES string of the molecule is CC(C)(C)c1cc(C(=O)c2cccnc2)cc(C(C)(C)C)c1O.